The molecule has 0 unspecified atom stereocenters. The standard InChI is InChI=1S/C16H23N2O2/c1-6-14-17(5)12-9-7-8-10-13(12)18(14)11-15(19)20-16(2,3)4/h7-10H,6,11H2,1-5H3/q+1. The fourth-order valence-corrected chi connectivity index (χ4v) is 2.54. The maximum absolute atomic E-state index is 12.1. The van der Waals surface area contributed by atoms with E-state index in [0.29, 0.717) is 0 Å². The van der Waals surface area contributed by atoms with Crippen molar-refractivity contribution >= 4 is 17.0 Å². The van der Waals surface area contributed by atoms with E-state index in [2.05, 4.69) is 17.6 Å². The van der Waals surface area contributed by atoms with Crippen molar-refractivity contribution in [2.24, 2.45) is 7.05 Å². The monoisotopic (exact) mass is 275 g/mol. The fourth-order valence-electron chi connectivity index (χ4n) is 2.54. The number of rotatable bonds is 3. The lowest BCUT2D eigenvalue weighted by Crippen LogP contribution is -2.34. The molecule has 2 rings (SSSR count). The Hall–Kier alpha value is -1.84. The summed E-state index contributed by atoms with van der Waals surface area (Å²) in [4.78, 5) is 12.1. The van der Waals surface area contributed by atoms with Gasteiger partial charge in [0.25, 0.3) is 5.82 Å². The zero-order valence-electron chi connectivity index (χ0n) is 12.9. The highest BCUT2D eigenvalue weighted by molar-refractivity contribution is 5.76. The first kappa shape index (κ1) is 14.6. The molecule has 0 aliphatic heterocycles. The van der Waals surface area contributed by atoms with Crippen LogP contribution in [0.15, 0.2) is 24.3 Å². The van der Waals surface area contributed by atoms with Crippen LogP contribution in [0, 0.1) is 0 Å². The van der Waals surface area contributed by atoms with Gasteiger partial charge < -0.3 is 4.74 Å². The highest BCUT2D eigenvalue weighted by atomic mass is 16.6. The van der Waals surface area contributed by atoms with Gasteiger partial charge in [-0.15, -0.1) is 0 Å². The SMILES string of the molecule is CCc1n(CC(=O)OC(C)(C)C)c2ccccc2[n+]1C. The van der Waals surface area contributed by atoms with Crippen molar-refractivity contribution < 1.29 is 14.1 Å². The van der Waals surface area contributed by atoms with Crippen molar-refractivity contribution in [3.05, 3.63) is 30.1 Å². The van der Waals surface area contributed by atoms with Crippen LogP contribution in [0.2, 0.25) is 0 Å². The molecule has 20 heavy (non-hydrogen) atoms. The highest BCUT2D eigenvalue weighted by Crippen LogP contribution is 2.16. The number of carbonyl (C=O) groups excluding carboxylic acids is 1. The van der Waals surface area contributed by atoms with Crippen LogP contribution < -0.4 is 4.57 Å². The molecule has 0 saturated carbocycles. The number of fused-ring (bicyclic) bond motifs is 1. The summed E-state index contributed by atoms with van der Waals surface area (Å²) in [5.74, 6) is 0.922. The summed E-state index contributed by atoms with van der Waals surface area (Å²) in [6.07, 6.45) is 0.869. The lowest BCUT2D eigenvalue weighted by molar-refractivity contribution is -0.653. The minimum Gasteiger partial charge on any atom is -0.457 e. The summed E-state index contributed by atoms with van der Waals surface area (Å²) in [5.41, 5.74) is 1.75. The van der Waals surface area contributed by atoms with E-state index in [1.54, 1.807) is 0 Å². The van der Waals surface area contributed by atoms with Gasteiger partial charge in [0, 0.05) is 6.42 Å². The Morgan fingerprint density at radius 3 is 2.55 bits per heavy atom. The first-order valence-corrected chi connectivity index (χ1v) is 7.01. The number of aryl methyl sites for hydroxylation is 1. The molecule has 4 heteroatoms. The highest BCUT2D eigenvalue weighted by Gasteiger charge is 2.25. The van der Waals surface area contributed by atoms with Crippen molar-refractivity contribution in [1.82, 2.24) is 4.57 Å². The Morgan fingerprint density at radius 2 is 1.95 bits per heavy atom. The number of hydrogen-bond acceptors (Lipinski definition) is 2. The third-order valence-electron chi connectivity index (χ3n) is 3.26. The number of imidazole rings is 1. The number of ether oxygens (including phenoxy) is 1. The van der Waals surface area contributed by atoms with Crippen molar-refractivity contribution in [3.63, 3.8) is 0 Å². The predicted octanol–water partition coefficient (Wildman–Crippen LogP) is 2.37. The molecule has 0 atom stereocenters. The van der Waals surface area contributed by atoms with Crippen molar-refractivity contribution in [2.75, 3.05) is 0 Å². The van der Waals surface area contributed by atoms with Crippen LogP contribution in [0.1, 0.15) is 33.5 Å². The van der Waals surface area contributed by atoms with Gasteiger partial charge >= 0.3 is 5.97 Å². The van der Waals surface area contributed by atoms with Gasteiger partial charge in [-0.2, -0.15) is 0 Å². The Labute approximate surface area is 120 Å². The zero-order valence-corrected chi connectivity index (χ0v) is 12.9. The molecule has 0 aliphatic carbocycles. The predicted molar refractivity (Wildman–Crippen MR) is 78.3 cm³/mol. The second-order valence-electron chi connectivity index (χ2n) is 5.99. The van der Waals surface area contributed by atoms with Gasteiger partial charge in [-0.25, -0.2) is 13.9 Å². The molecule has 0 amide bonds. The lowest BCUT2D eigenvalue weighted by atomic mass is 10.2. The van der Waals surface area contributed by atoms with E-state index in [1.807, 2.05) is 50.6 Å². The number of hydrogen-bond donors (Lipinski definition) is 0. The minimum absolute atomic E-state index is 0.200. The summed E-state index contributed by atoms with van der Waals surface area (Å²) < 4.78 is 9.61. The Balaban J connectivity index is 2.41. The summed E-state index contributed by atoms with van der Waals surface area (Å²) in [5, 5.41) is 0. The molecule has 2 aromatic rings. The summed E-state index contributed by atoms with van der Waals surface area (Å²) in [7, 11) is 2.03. The molecule has 0 fully saturated rings. The van der Waals surface area contributed by atoms with E-state index in [1.165, 1.54) is 0 Å². The average Bonchev–Trinajstić information content (AvgIpc) is 2.61. The summed E-state index contributed by atoms with van der Waals surface area (Å²) >= 11 is 0. The maximum Gasteiger partial charge on any atom is 0.349 e. The summed E-state index contributed by atoms with van der Waals surface area (Å²) in [6.45, 7) is 8.01. The normalized spacial score (nSPS) is 11.8. The van der Waals surface area contributed by atoms with Crippen LogP contribution in [-0.4, -0.2) is 16.1 Å². The smallest absolute Gasteiger partial charge is 0.349 e. The third-order valence-corrected chi connectivity index (χ3v) is 3.26. The third kappa shape index (κ3) is 2.84. The first-order valence-electron chi connectivity index (χ1n) is 7.01. The van der Waals surface area contributed by atoms with Gasteiger partial charge in [0.1, 0.15) is 5.60 Å². The molecule has 0 N–H and O–H groups in total. The van der Waals surface area contributed by atoms with Crippen molar-refractivity contribution in [3.8, 4) is 0 Å². The molecule has 0 radical (unpaired) electrons. The molecule has 1 heterocycles. The quantitative estimate of drug-likeness (QED) is 0.637. The van der Waals surface area contributed by atoms with Gasteiger partial charge in [-0.1, -0.05) is 19.1 Å². The molecule has 4 nitrogen and oxygen atoms in total. The molecule has 1 aromatic carbocycles. The molecule has 0 aliphatic rings. The van der Waals surface area contributed by atoms with Gasteiger partial charge in [0.05, 0.1) is 7.05 Å². The lowest BCUT2D eigenvalue weighted by Gasteiger charge is -2.18. The number of benzene rings is 1. The van der Waals surface area contributed by atoms with Crippen molar-refractivity contribution in [2.45, 2.75) is 46.3 Å². The van der Waals surface area contributed by atoms with Gasteiger partial charge in [-0.05, 0) is 32.9 Å². The van der Waals surface area contributed by atoms with Gasteiger partial charge in [-0.3, -0.25) is 0 Å². The second kappa shape index (κ2) is 5.27. The van der Waals surface area contributed by atoms with E-state index in [-0.39, 0.29) is 12.5 Å². The van der Waals surface area contributed by atoms with E-state index < -0.39 is 5.60 Å². The molecule has 0 saturated heterocycles. The van der Waals surface area contributed by atoms with Crippen molar-refractivity contribution in [1.29, 1.82) is 0 Å². The largest absolute Gasteiger partial charge is 0.457 e. The Morgan fingerprint density at radius 1 is 1.30 bits per heavy atom. The topological polar surface area (TPSA) is 35.1 Å². The van der Waals surface area contributed by atoms with Crippen LogP contribution >= 0.6 is 0 Å². The molecular weight excluding hydrogens is 252 g/mol. The zero-order chi connectivity index (χ0) is 14.9. The van der Waals surface area contributed by atoms with E-state index in [0.717, 1.165) is 23.3 Å². The van der Waals surface area contributed by atoms with Crippen LogP contribution in [0.3, 0.4) is 0 Å². The van der Waals surface area contributed by atoms with Gasteiger partial charge in [0.2, 0.25) is 0 Å². The van der Waals surface area contributed by atoms with E-state index in [4.69, 9.17) is 4.74 Å². The molecule has 0 spiro atoms. The molecule has 108 valence electrons. The number of carbonyl (C=O) groups is 1. The number of esters is 1. The van der Waals surface area contributed by atoms with Crippen LogP contribution in [0.25, 0.3) is 11.0 Å². The van der Waals surface area contributed by atoms with Gasteiger partial charge in [0.15, 0.2) is 17.6 Å². The summed E-state index contributed by atoms with van der Waals surface area (Å²) in [6, 6.07) is 8.12. The van der Waals surface area contributed by atoms with Crippen LogP contribution in [0.4, 0.5) is 0 Å². The number of nitrogens with zero attached hydrogens (tertiary/aromatic N) is 2. The number of aromatic nitrogens is 2. The first-order chi connectivity index (χ1) is 9.33. The van der Waals surface area contributed by atoms with E-state index >= 15 is 0 Å². The fraction of sp³-hybridized carbons (Fsp3) is 0.500. The molecule has 0 bridgehead atoms. The molecular formula is C16H23N2O2+. The van der Waals surface area contributed by atoms with Crippen LogP contribution in [0.5, 0.6) is 0 Å². The second-order valence-corrected chi connectivity index (χ2v) is 5.99. The molecule has 1 aromatic heterocycles. The minimum atomic E-state index is -0.450. The van der Waals surface area contributed by atoms with E-state index in [9.17, 15) is 4.79 Å². The van der Waals surface area contributed by atoms with Crippen LogP contribution in [-0.2, 0) is 29.5 Å². The number of para-hydroxylation sites is 2. The maximum atomic E-state index is 12.1. The average molecular weight is 275 g/mol. The Kier molecular flexibility index (Phi) is 3.84. The Bertz CT molecular complexity index is 636.